The Balaban J connectivity index is 2.11. The van der Waals surface area contributed by atoms with Crippen molar-refractivity contribution in [1.29, 1.82) is 0 Å². The lowest BCUT2D eigenvalue weighted by Gasteiger charge is -2.27. The van der Waals surface area contributed by atoms with Gasteiger partial charge in [0.25, 0.3) is 0 Å². The molecule has 2 saturated heterocycles. The molecular weight excluding hydrogens is 154 g/mol. The van der Waals surface area contributed by atoms with E-state index < -0.39 is 5.60 Å². The fourth-order valence-electron chi connectivity index (χ4n) is 2.59. The third-order valence-electron chi connectivity index (χ3n) is 3.25. The molecule has 0 aromatic rings. The zero-order valence-electron chi connectivity index (χ0n) is 7.20. The van der Waals surface area contributed by atoms with Crippen LogP contribution in [0.15, 0.2) is 0 Å². The number of hydrogen-bond donors (Lipinski definition) is 1. The second kappa shape index (κ2) is 2.82. The molecule has 2 aliphatic heterocycles. The summed E-state index contributed by atoms with van der Waals surface area (Å²) in [6.07, 6.45) is 4.17. The first-order chi connectivity index (χ1) is 5.76. The average molecular weight is 169 g/mol. The molecule has 0 aromatic carbocycles. The van der Waals surface area contributed by atoms with Gasteiger partial charge in [0.1, 0.15) is 6.29 Å². The number of aldehydes is 1. The van der Waals surface area contributed by atoms with Gasteiger partial charge in [0.2, 0.25) is 0 Å². The van der Waals surface area contributed by atoms with Crippen LogP contribution in [-0.4, -0.2) is 41.0 Å². The molecule has 2 rings (SSSR count). The zero-order valence-corrected chi connectivity index (χ0v) is 7.20. The number of carbonyl (C=O) groups is 1. The molecule has 0 aliphatic carbocycles. The summed E-state index contributed by atoms with van der Waals surface area (Å²) in [5.74, 6) is 0. The second-order valence-electron chi connectivity index (χ2n) is 3.92. The van der Waals surface area contributed by atoms with Gasteiger partial charge in [-0.15, -0.1) is 0 Å². The minimum absolute atomic E-state index is 0.266. The van der Waals surface area contributed by atoms with E-state index in [-0.39, 0.29) is 6.04 Å². The van der Waals surface area contributed by atoms with Gasteiger partial charge in [-0.25, -0.2) is 0 Å². The molecular formula is C9H15NO2. The van der Waals surface area contributed by atoms with Crippen LogP contribution in [0.1, 0.15) is 25.7 Å². The monoisotopic (exact) mass is 169 g/mol. The third-order valence-corrected chi connectivity index (χ3v) is 3.25. The highest BCUT2D eigenvalue weighted by Crippen LogP contribution is 2.37. The molecule has 2 atom stereocenters. The number of aliphatic hydroxyl groups is 1. The number of fused-ring (bicyclic) bond motifs is 1. The van der Waals surface area contributed by atoms with E-state index in [2.05, 4.69) is 4.90 Å². The van der Waals surface area contributed by atoms with Crippen molar-refractivity contribution in [3.05, 3.63) is 0 Å². The Kier molecular flexibility index (Phi) is 1.93. The molecule has 2 unspecified atom stereocenters. The number of hydrogen-bond acceptors (Lipinski definition) is 3. The van der Waals surface area contributed by atoms with Gasteiger partial charge >= 0.3 is 0 Å². The van der Waals surface area contributed by atoms with Crippen molar-refractivity contribution in [1.82, 2.24) is 4.90 Å². The van der Waals surface area contributed by atoms with Crippen LogP contribution in [0.2, 0.25) is 0 Å². The molecule has 68 valence electrons. The Morgan fingerprint density at radius 3 is 3.17 bits per heavy atom. The first-order valence-electron chi connectivity index (χ1n) is 4.66. The van der Waals surface area contributed by atoms with Crippen molar-refractivity contribution in [3.63, 3.8) is 0 Å². The van der Waals surface area contributed by atoms with Gasteiger partial charge in [0, 0.05) is 19.0 Å². The lowest BCUT2D eigenvalue weighted by atomic mass is 9.90. The Hall–Kier alpha value is -0.410. The summed E-state index contributed by atoms with van der Waals surface area (Å²) < 4.78 is 0. The summed E-state index contributed by atoms with van der Waals surface area (Å²) >= 11 is 0. The summed E-state index contributed by atoms with van der Waals surface area (Å²) in [6, 6.07) is 0.266. The maximum atomic E-state index is 10.4. The van der Waals surface area contributed by atoms with Crippen LogP contribution in [0.25, 0.3) is 0 Å². The van der Waals surface area contributed by atoms with Gasteiger partial charge in [-0.1, -0.05) is 0 Å². The summed E-state index contributed by atoms with van der Waals surface area (Å²) in [5.41, 5.74) is -0.696. The molecule has 0 saturated carbocycles. The topological polar surface area (TPSA) is 40.5 Å². The van der Waals surface area contributed by atoms with Crippen LogP contribution >= 0.6 is 0 Å². The normalized spacial score (nSPS) is 41.6. The van der Waals surface area contributed by atoms with Crippen molar-refractivity contribution in [2.24, 2.45) is 0 Å². The van der Waals surface area contributed by atoms with Crippen LogP contribution in [0.5, 0.6) is 0 Å². The molecule has 0 spiro atoms. The minimum Gasteiger partial charge on any atom is -0.388 e. The minimum atomic E-state index is -0.696. The Morgan fingerprint density at radius 2 is 2.42 bits per heavy atom. The van der Waals surface area contributed by atoms with Crippen molar-refractivity contribution in [2.45, 2.75) is 37.3 Å². The maximum absolute atomic E-state index is 10.4. The lowest BCUT2D eigenvalue weighted by molar-refractivity contribution is -0.113. The van der Waals surface area contributed by atoms with E-state index in [9.17, 15) is 9.90 Å². The van der Waals surface area contributed by atoms with Crippen LogP contribution in [0, 0.1) is 0 Å². The maximum Gasteiger partial charge on any atom is 0.122 e. The summed E-state index contributed by atoms with van der Waals surface area (Å²) in [6.45, 7) is 2.07. The molecule has 12 heavy (non-hydrogen) atoms. The van der Waals surface area contributed by atoms with Crippen LogP contribution in [-0.2, 0) is 4.79 Å². The van der Waals surface area contributed by atoms with Gasteiger partial charge in [0.15, 0.2) is 0 Å². The summed E-state index contributed by atoms with van der Waals surface area (Å²) in [5, 5.41) is 10.1. The standard InChI is InChI=1S/C9H15NO2/c11-7-4-9(12)3-6-10-5-1-2-8(9)10/h7-8,12H,1-6H2. The highest BCUT2D eigenvalue weighted by molar-refractivity contribution is 5.52. The summed E-state index contributed by atoms with van der Waals surface area (Å²) in [4.78, 5) is 12.7. The quantitative estimate of drug-likeness (QED) is 0.599. The summed E-state index contributed by atoms with van der Waals surface area (Å²) in [7, 11) is 0. The van der Waals surface area contributed by atoms with Crippen molar-refractivity contribution in [3.8, 4) is 0 Å². The molecule has 2 fully saturated rings. The fraction of sp³-hybridized carbons (Fsp3) is 0.889. The lowest BCUT2D eigenvalue weighted by Crippen LogP contribution is -2.41. The van der Waals surface area contributed by atoms with Gasteiger partial charge in [0.05, 0.1) is 5.60 Å². The van der Waals surface area contributed by atoms with E-state index >= 15 is 0 Å². The van der Waals surface area contributed by atoms with Crippen molar-refractivity contribution < 1.29 is 9.90 Å². The van der Waals surface area contributed by atoms with E-state index in [1.165, 1.54) is 6.42 Å². The molecule has 2 aliphatic rings. The van der Waals surface area contributed by atoms with Crippen molar-refractivity contribution >= 4 is 6.29 Å². The van der Waals surface area contributed by atoms with E-state index in [0.717, 1.165) is 32.2 Å². The molecule has 0 amide bonds. The molecule has 2 heterocycles. The predicted octanol–water partition coefficient (Wildman–Crippen LogP) is 0.175. The van der Waals surface area contributed by atoms with E-state index in [1.54, 1.807) is 0 Å². The highest BCUT2D eigenvalue weighted by Gasteiger charge is 2.47. The Morgan fingerprint density at radius 1 is 1.58 bits per heavy atom. The number of rotatable bonds is 2. The largest absolute Gasteiger partial charge is 0.388 e. The van der Waals surface area contributed by atoms with Gasteiger partial charge in [-0.05, 0) is 25.8 Å². The van der Waals surface area contributed by atoms with Gasteiger partial charge in [-0.3, -0.25) is 4.90 Å². The van der Waals surface area contributed by atoms with Gasteiger partial charge in [-0.2, -0.15) is 0 Å². The predicted molar refractivity (Wildman–Crippen MR) is 44.8 cm³/mol. The van der Waals surface area contributed by atoms with Crippen LogP contribution < -0.4 is 0 Å². The Bertz CT molecular complexity index is 195. The first-order valence-corrected chi connectivity index (χ1v) is 4.66. The Labute approximate surface area is 72.4 Å². The fourth-order valence-corrected chi connectivity index (χ4v) is 2.59. The second-order valence-corrected chi connectivity index (χ2v) is 3.92. The zero-order chi connectivity index (χ0) is 8.60. The number of carbonyl (C=O) groups excluding carboxylic acids is 1. The highest BCUT2D eigenvalue weighted by atomic mass is 16.3. The first kappa shape index (κ1) is 8.20. The van der Waals surface area contributed by atoms with Crippen LogP contribution in [0.3, 0.4) is 0 Å². The average Bonchev–Trinajstić information content (AvgIpc) is 2.57. The molecule has 1 N–H and O–H groups in total. The van der Waals surface area contributed by atoms with E-state index in [1.807, 2.05) is 0 Å². The number of nitrogens with zero attached hydrogens (tertiary/aromatic N) is 1. The van der Waals surface area contributed by atoms with Crippen LogP contribution in [0.4, 0.5) is 0 Å². The molecule has 0 aromatic heterocycles. The molecule has 3 nitrogen and oxygen atoms in total. The molecule has 0 radical (unpaired) electrons. The van der Waals surface area contributed by atoms with E-state index in [4.69, 9.17) is 0 Å². The third kappa shape index (κ3) is 1.08. The van der Waals surface area contributed by atoms with E-state index in [0.29, 0.717) is 6.42 Å². The SMILES string of the molecule is O=CCC1(O)CCN2CCCC21. The van der Waals surface area contributed by atoms with Gasteiger partial charge < -0.3 is 9.90 Å². The molecule has 0 bridgehead atoms. The smallest absolute Gasteiger partial charge is 0.122 e. The molecule has 3 heteroatoms. The van der Waals surface area contributed by atoms with Crippen molar-refractivity contribution in [2.75, 3.05) is 13.1 Å².